The predicted octanol–water partition coefficient (Wildman–Crippen LogP) is 6.87. The van der Waals surface area contributed by atoms with E-state index < -0.39 is 0 Å². The lowest BCUT2D eigenvalue weighted by atomic mass is 10.1. The molecule has 0 aliphatic heterocycles. The molecule has 4 rings (SSSR count). The third kappa shape index (κ3) is 4.78. The lowest BCUT2D eigenvalue weighted by molar-refractivity contribution is -0.115. The number of hydrogen-bond donors (Lipinski definition) is 2. The molecular weight excluding hydrogens is 414 g/mol. The number of anilines is 1. The number of aromatic nitrogens is 2. The van der Waals surface area contributed by atoms with E-state index in [0.29, 0.717) is 6.42 Å². The van der Waals surface area contributed by atoms with Crippen LogP contribution in [0.4, 0.5) is 5.69 Å². The maximum Gasteiger partial charge on any atom is 0.237 e. The van der Waals surface area contributed by atoms with Crippen LogP contribution in [0.3, 0.4) is 0 Å². The van der Waals surface area contributed by atoms with E-state index in [1.165, 1.54) is 11.8 Å². The molecule has 0 spiro atoms. The van der Waals surface area contributed by atoms with Gasteiger partial charge in [-0.1, -0.05) is 91.5 Å². The highest BCUT2D eigenvalue weighted by Crippen LogP contribution is 2.34. The van der Waals surface area contributed by atoms with Crippen LogP contribution in [-0.4, -0.2) is 21.1 Å². The highest BCUT2D eigenvalue weighted by atomic mass is 32.2. The summed E-state index contributed by atoms with van der Waals surface area (Å²) in [5, 5.41) is 3.59. The van der Waals surface area contributed by atoms with Gasteiger partial charge in [-0.25, -0.2) is 4.98 Å². The SMILES string of the molecule is CCC(Sc1nc(-c2ccccc2)c(-c2ccccc2)[nH]1)C(=O)Nc1cccc(C)c1C. The van der Waals surface area contributed by atoms with Gasteiger partial charge >= 0.3 is 0 Å². The Kier molecular flexibility index (Phi) is 6.76. The summed E-state index contributed by atoms with van der Waals surface area (Å²) >= 11 is 1.47. The second kappa shape index (κ2) is 9.88. The Bertz CT molecular complexity index is 1150. The molecule has 4 aromatic rings. The second-order valence-electron chi connectivity index (χ2n) is 7.75. The number of H-pyrrole nitrogens is 1. The molecule has 32 heavy (non-hydrogen) atoms. The molecule has 1 amide bonds. The summed E-state index contributed by atoms with van der Waals surface area (Å²) in [7, 11) is 0. The summed E-state index contributed by atoms with van der Waals surface area (Å²) in [5.74, 6) is -0.00915. The van der Waals surface area contributed by atoms with Crippen LogP contribution in [0.2, 0.25) is 0 Å². The van der Waals surface area contributed by atoms with Crippen LogP contribution in [0.25, 0.3) is 22.5 Å². The monoisotopic (exact) mass is 441 g/mol. The van der Waals surface area contributed by atoms with Gasteiger partial charge in [-0.3, -0.25) is 4.79 Å². The van der Waals surface area contributed by atoms with Crippen LogP contribution in [0.15, 0.2) is 84.0 Å². The van der Waals surface area contributed by atoms with E-state index in [0.717, 1.165) is 44.5 Å². The highest BCUT2D eigenvalue weighted by Gasteiger charge is 2.22. The van der Waals surface area contributed by atoms with Gasteiger partial charge in [0.05, 0.1) is 16.6 Å². The first-order valence-corrected chi connectivity index (χ1v) is 11.7. The Hall–Kier alpha value is -3.31. The van der Waals surface area contributed by atoms with E-state index in [1.54, 1.807) is 0 Å². The number of thioether (sulfide) groups is 1. The number of aromatic amines is 1. The van der Waals surface area contributed by atoms with Crippen molar-refractivity contribution >= 4 is 23.4 Å². The number of amides is 1. The van der Waals surface area contributed by atoms with Gasteiger partial charge in [0.25, 0.3) is 0 Å². The number of carbonyl (C=O) groups is 1. The Balaban J connectivity index is 1.62. The van der Waals surface area contributed by atoms with Gasteiger partial charge in [0, 0.05) is 16.8 Å². The van der Waals surface area contributed by atoms with Crippen molar-refractivity contribution in [2.75, 3.05) is 5.32 Å². The summed E-state index contributed by atoms with van der Waals surface area (Å²) in [5.41, 5.74) is 7.09. The Morgan fingerprint density at radius 1 is 0.938 bits per heavy atom. The van der Waals surface area contributed by atoms with Gasteiger partial charge in [-0.15, -0.1) is 0 Å². The molecule has 1 unspecified atom stereocenters. The largest absolute Gasteiger partial charge is 0.332 e. The number of carbonyl (C=O) groups excluding carboxylic acids is 1. The molecule has 0 radical (unpaired) electrons. The van der Waals surface area contributed by atoms with Crippen molar-refractivity contribution in [2.45, 2.75) is 37.6 Å². The van der Waals surface area contributed by atoms with Crippen molar-refractivity contribution in [1.82, 2.24) is 9.97 Å². The number of hydrogen-bond acceptors (Lipinski definition) is 3. The molecule has 1 atom stereocenters. The van der Waals surface area contributed by atoms with Crippen LogP contribution in [0.1, 0.15) is 24.5 Å². The lowest BCUT2D eigenvalue weighted by Gasteiger charge is -2.15. The highest BCUT2D eigenvalue weighted by molar-refractivity contribution is 8.00. The molecule has 1 heterocycles. The fourth-order valence-electron chi connectivity index (χ4n) is 3.58. The van der Waals surface area contributed by atoms with Crippen molar-refractivity contribution in [3.05, 3.63) is 90.0 Å². The van der Waals surface area contributed by atoms with E-state index in [1.807, 2.05) is 62.4 Å². The van der Waals surface area contributed by atoms with E-state index in [4.69, 9.17) is 4.98 Å². The normalized spacial score (nSPS) is 11.8. The first kappa shape index (κ1) is 21.9. The standard InChI is InChI=1S/C27H27N3OS/c1-4-23(26(31)28-22-17-11-12-18(2)19(22)3)32-27-29-24(20-13-7-5-8-14-20)25(30-27)21-15-9-6-10-16-21/h5-17,23H,4H2,1-3H3,(H,28,31)(H,29,30). The summed E-state index contributed by atoms with van der Waals surface area (Å²) < 4.78 is 0. The number of imidazole rings is 1. The third-order valence-corrected chi connectivity index (χ3v) is 6.82. The van der Waals surface area contributed by atoms with Crippen molar-refractivity contribution in [2.24, 2.45) is 0 Å². The van der Waals surface area contributed by atoms with Gasteiger partial charge in [0.1, 0.15) is 0 Å². The molecule has 162 valence electrons. The number of aryl methyl sites for hydroxylation is 1. The molecule has 0 saturated heterocycles. The van der Waals surface area contributed by atoms with Crippen molar-refractivity contribution < 1.29 is 4.79 Å². The Labute approximate surface area is 193 Å². The quantitative estimate of drug-likeness (QED) is 0.308. The number of benzene rings is 3. The van der Waals surface area contributed by atoms with E-state index in [-0.39, 0.29) is 11.2 Å². The average Bonchev–Trinajstić information content (AvgIpc) is 3.25. The van der Waals surface area contributed by atoms with Gasteiger partial charge in [-0.05, 0) is 37.5 Å². The Morgan fingerprint density at radius 2 is 1.59 bits per heavy atom. The van der Waals surface area contributed by atoms with Crippen LogP contribution >= 0.6 is 11.8 Å². The summed E-state index contributed by atoms with van der Waals surface area (Å²) in [6.07, 6.45) is 0.698. The Morgan fingerprint density at radius 3 is 2.25 bits per heavy atom. The maximum atomic E-state index is 13.1. The first-order valence-electron chi connectivity index (χ1n) is 10.8. The molecule has 0 saturated carbocycles. The lowest BCUT2D eigenvalue weighted by Crippen LogP contribution is -2.25. The van der Waals surface area contributed by atoms with E-state index in [9.17, 15) is 4.79 Å². The molecule has 2 N–H and O–H groups in total. The van der Waals surface area contributed by atoms with Crippen LogP contribution in [0, 0.1) is 13.8 Å². The first-order chi connectivity index (χ1) is 15.6. The van der Waals surface area contributed by atoms with Crippen molar-refractivity contribution in [3.63, 3.8) is 0 Å². The minimum absolute atomic E-state index is 0.00915. The third-order valence-electron chi connectivity index (χ3n) is 5.57. The molecule has 0 bridgehead atoms. The number of nitrogens with zero attached hydrogens (tertiary/aromatic N) is 1. The minimum Gasteiger partial charge on any atom is -0.332 e. The summed E-state index contributed by atoms with van der Waals surface area (Å²) in [6, 6.07) is 26.3. The van der Waals surface area contributed by atoms with Gasteiger partial charge in [0.15, 0.2) is 5.16 Å². The molecular formula is C27H27N3OS. The van der Waals surface area contributed by atoms with Crippen molar-refractivity contribution in [1.29, 1.82) is 0 Å². The second-order valence-corrected chi connectivity index (χ2v) is 8.94. The molecule has 1 aromatic heterocycles. The molecule has 0 fully saturated rings. The number of nitrogens with one attached hydrogen (secondary N) is 2. The van der Waals surface area contributed by atoms with Gasteiger partial charge in [-0.2, -0.15) is 0 Å². The van der Waals surface area contributed by atoms with Crippen LogP contribution < -0.4 is 5.32 Å². The molecule has 0 aliphatic rings. The molecule has 0 aliphatic carbocycles. The topological polar surface area (TPSA) is 57.8 Å². The minimum atomic E-state index is -0.256. The maximum absolute atomic E-state index is 13.1. The molecule has 3 aromatic carbocycles. The van der Waals surface area contributed by atoms with Crippen LogP contribution in [0.5, 0.6) is 0 Å². The number of rotatable bonds is 7. The smallest absolute Gasteiger partial charge is 0.237 e. The van der Waals surface area contributed by atoms with E-state index in [2.05, 4.69) is 47.6 Å². The molecule has 5 heteroatoms. The average molecular weight is 442 g/mol. The van der Waals surface area contributed by atoms with Gasteiger partial charge < -0.3 is 10.3 Å². The fraction of sp³-hybridized carbons (Fsp3) is 0.185. The zero-order valence-corrected chi connectivity index (χ0v) is 19.4. The van der Waals surface area contributed by atoms with E-state index >= 15 is 0 Å². The zero-order chi connectivity index (χ0) is 22.5. The predicted molar refractivity (Wildman–Crippen MR) is 134 cm³/mol. The molecule has 4 nitrogen and oxygen atoms in total. The zero-order valence-electron chi connectivity index (χ0n) is 18.6. The van der Waals surface area contributed by atoms with Crippen LogP contribution in [-0.2, 0) is 4.79 Å². The summed E-state index contributed by atoms with van der Waals surface area (Å²) in [6.45, 7) is 6.11. The van der Waals surface area contributed by atoms with Crippen molar-refractivity contribution in [3.8, 4) is 22.5 Å². The summed E-state index contributed by atoms with van der Waals surface area (Å²) in [4.78, 5) is 21.4. The van der Waals surface area contributed by atoms with Gasteiger partial charge in [0.2, 0.25) is 5.91 Å². The fourth-order valence-corrected chi connectivity index (χ4v) is 4.49.